The lowest BCUT2D eigenvalue weighted by Crippen LogP contribution is -2.20. The topological polar surface area (TPSA) is 34.1 Å². The monoisotopic (exact) mass is 268 g/mol. The molecule has 0 amide bonds. The molecule has 0 bridgehead atoms. The number of pyridine rings is 1. The summed E-state index contributed by atoms with van der Waals surface area (Å²) in [7, 11) is 0. The molecule has 100 valence electrons. The van der Waals surface area contributed by atoms with Gasteiger partial charge in [-0.25, -0.2) is 0 Å². The van der Waals surface area contributed by atoms with Gasteiger partial charge in [0.05, 0.1) is 11.2 Å². The van der Waals surface area contributed by atoms with Crippen LogP contribution in [0, 0.1) is 0 Å². The third kappa shape index (κ3) is 2.35. The van der Waals surface area contributed by atoms with Gasteiger partial charge in [0.1, 0.15) is 12.7 Å². The Morgan fingerprint density at radius 2 is 2.11 bits per heavy atom. The van der Waals surface area contributed by atoms with E-state index in [0.717, 1.165) is 16.6 Å². The third-order valence-electron chi connectivity index (χ3n) is 3.06. The molecule has 1 unspecified atom stereocenters. The molecule has 6 heteroatoms. The number of hydrogen-bond acceptors (Lipinski definition) is 3. The first-order valence-corrected chi connectivity index (χ1v) is 5.84. The van der Waals surface area contributed by atoms with Gasteiger partial charge in [0.25, 0.3) is 0 Å². The van der Waals surface area contributed by atoms with Crippen LogP contribution in [0.15, 0.2) is 30.5 Å². The number of halogens is 3. The second kappa shape index (κ2) is 4.38. The Morgan fingerprint density at radius 1 is 1.32 bits per heavy atom. The molecule has 0 saturated carbocycles. The SMILES string of the molecule is FC(F)(F)COC1CNc2c1cnc1ccccc21. The minimum Gasteiger partial charge on any atom is -0.381 e. The maximum Gasteiger partial charge on any atom is 0.411 e. The highest BCUT2D eigenvalue weighted by atomic mass is 19.4. The average Bonchev–Trinajstić information content (AvgIpc) is 2.79. The van der Waals surface area contributed by atoms with Crippen LogP contribution < -0.4 is 5.32 Å². The summed E-state index contributed by atoms with van der Waals surface area (Å²) < 4.78 is 41.4. The molecule has 2 heterocycles. The first kappa shape index (κ1) is 12.2. The summed E-state index contributed by atoms with van der Waals surface area (Å²) in [6.45, 7) is -0.910. The van der Waals surface area contributed by atoms with Gasteiger partial charge < -0.3 is 10.1 Å². The quantitative estimate of drug-likeness (QED) is 0.907. The van der Waals surface area contributed by atoms with Crippen molar-refractivity contribution in [1.82, 2.24) is 4.98 Å². The fourth-order valence-electron chi connectivity index (χ4n) is 2.25. The average molecular weight is 268 g/mol. The van der Waals surface area contributed by atoms with Gasteiger partial charge in [-0.2, -0.15) is 13.2 Å². The molecule has 3 rings (SSSR count). The van der Waals surface area contributed by atoms with E-state index in [0.29, 0.717) is 12.1 Å². The second-order valence-corrected chi connectivity index (χ2v) is 4.40. The summed E-state index contributed by atoms with van der Waals surface area (Å²) in [6, 6.07) is 7.49. The van der Waals surface area contributed by atoms with Crippen LogP contribution in [-0.2, 0) is 4.74 Å². The van der Waals surface area contributed by atoms with E-state index in [-0.39, 0.29) is 0 Å². The van der Waals surface area contributed by atoms with Crippen molar-refractivity contribution in [2.45, 2.75) is 12.3 Å². The zero-order chi connectivity index (χ0) is 13.5. The Hall–Kier alpha value is -1.82. The highest BCUT2D eigenvalue weighted by Crippen LogP contribution is 2.37. The molecular formula is C13H11F3N2O. The summed E-state index contributed by atoms with van der Waals surface area (Å²) in [4.78, 5) is 4.25. The van der Waals surface area contributed by atoms with Crippen LogP contribution in [0.4, 0.5) is 18.9 Å². The smallest absolute Gasteiger partial charge is 0.381 e. The van der Waals surface area contributed by atoms with Crippen LogP contribution in [0.3, 0.4) is 0 Å². The van der Waals surface area contributed by atoms with Crippen molar-refractivity contribution in [1.29, 1.82) is 0 Å². The molecular weight excluding hydrogens is 257 g/mol. The number of anilines is 1. The molecule has 0 radical (unpaired) electrons. The number of ether oxygens (including phenoxy) is 1. The van der Waals surface area contributed by atoms with E-state index in [1.54, 1.807) is 6.20 Å². The summed E-state index contributed by atoms with van der Waals surface area (Å²) in [5.74, 6) is 0. The number of hydrogen-bond donors (Lipinski definition) is 1. The number of aromatic nitrogens is 1. The van der Waals surface area contributed by atoms with E-state index in [4.69, 9.17) is 4.74 Å². The molecule has 1 aromatic carbocycles. The van der Waals surface area contributed by atoms with Gasteiger partial charge >= 0.3 is 6.18 Å². The van der Waals surface area contributed by atoms with E-state index in [9.17, 15) is 13.2 Å². The fraction of sp³-hybridized carbons (Fsp3) is 0.308. The minimum atomic E-state index is -4.31. The van der Waals surface area contributed by atoms with Crippen LogP contribution in [-0.4, -0.2) is 24.3 Å². The normalized spacial score (nSPS) is 18.4. The van der Waals surface area contributed by atoms with Crippen LogP contribution >= 0.6 is 0 Å². The van der Waals surface area contributed by atoms with Gasteiger partial charge in [0.15, 0.2) is 0 Å². The van der Waals surface area contributed by atoms with Crippen molar-refractivity contribution >= 4 is 16.6 Å². The molecule has 19 heavy (non-hydrogen) atoms. The molecule has 1 aromatic heterocycles. The maximum atomic E-state index is 12.2. The number of fused-ring (bicyclic) bond motifs is 3. The molecule has 0 aliphatic carbocycles. The highest BCUT2D eigenvalue weighted by molar-refractivity contribution is 5.93. The van der Waals surface area contributed by atoms with Crippen molar-refractivity contribution < 1.29 is 17.9 Å². The standard InChI is InChI=1S/C13H11F3N2O/c14-13(15,16)7-19-11-6-18-12-8-3-1-2-4-10(8)17-5-9(11)12/h1-5,11,18H,6-7H2. The molecule has 2 aromatic rings. The largest absolute Gasteiger partial charge is 0.411 e. The van der Waals surface area contributed by atoms with Crippen molar-refractivity contribution in [2.75, 3.05) is 18.5 Å². The van der Waals surface area contributed by atoms with E-state index in [1.807, 2.05) is 24.3 Å². The zero-order valence-corrected chi connectivity index (χ0v) is 9.87. The van der Waals surface area contributed by atoms with Crippen LogP contribution in [0.5, 0.6) is 0 Å². The lowest BCUT2D eigenvalue weighted by Gasteiger charge is -2.13. The first-order chi connectivity index (χ1) is 9.04. The number of nitrogens with zero attached hydrogens (tertiary/aromatic N) is 1. The predicted molar refractivity (Wildman–Crippen MR) is 65.0 cm³/mol. The fourth-order valence-corrected chi connectivity index (χ4v) is 2.25. The van der Waals surface area contributed by atoms with Gasteiger partial charge in [0, 0.05) is 23.7 Å². The van der Waals surface area contributed by atoms with Crippen LogP contribution in [0.1, 0.15) is 11.7 Å². The van der Waals surface area contributed by atoms with E-state index in [1.165, 1.54) is 0 Å². The number of nitrogens with one attached hydrogen (secondary N) is 1. The molecule has 0 saturated heterocycles. The molecule has 1 atom stereocenters. The number of benzene rings is 1. The first-order valence-electron chi connectivity index (χ1n) is 5.84. The van der Waals surface area contributed by atoms with Crippen molar-refractivity contribution in [3.63, 3.8) is 0 Å². The van der Waals surface area contributed by atoms with Gasteiger partial charge in [-0.1, -0.05) is 18.2 Å². The minimum absolute atomic E-state index is 0.334. The van der Waals surface area contributed by atoms with Gasteiger partial charge in [-0.05, 0) is 6.07 Å². The number of alkyl halides is 3. The maximum absolute atomic E-state index is 12.2. The van der Waals surface area contributed by atoms with Crippen molar-refractivity contribution in [2.24, 2.45) is 0 Å². The zero-order valence-electron chi connectivity index (χ0n) is 9.87. The Kier molecular flexibility index (Phi) is 2.82. The molecule has 1 aliphatic rings. The highest BCUT2D eigenvalue weighted by Gasteiger charge is 2.32. The number of para-hydroxylation sites is 1. The van der Waals surface area contributed by atoms with Gasteiger partial charge in [0.2, 0.25) is 0 Å². The van der Waals surface area contributed by atoms with Gasteiger partial charge in [-0.15, -0.1) is 0 Å². The number of rotatable bonds is 2. The summed E-state index contributed by atoms with van der Waals surface area (Å²) in [5.41, 5.74) is 2.31. The van der Waals surface area contributed by atoms with Gasteiger partial charge in [-0.3, -0.25) is 4.98 Å². The van der Waals surface area contributed by atoms with E-state index >= 15 is 0 Å². The van der Waals surface area contributed by atoms with E-state index < -0.39 is 18.9 Å². The summed E-state index contributed by atoms with van der Waals surface area (Å²) >= 11 is 0. The molecule has 0 spiro atoms. The Morgan fingerprint density at radius 3 is 2.89 bits per heavy atom. The Balaban J connectivity index is 1.91. The molecule has 1 N–H and O–H groups in total. The molecule has 3 nitrogen and oxygen atoms in total. The lowest BCUT2D eigenvalue weighted by atomic mass is 10.1. The molecule has 1 aliphatic heterocycles. The van der Waals surface area contributed by atoms with E-state index in [2.05, 4.69) is 10.3 Å². The van der Waals surface area contributed by atoms with Crippen molar-refractivity contribution in [3.8, 4) is 0 Å². The Bertz CT molecular complexity index is 612. The van der Waals surface area contributed by atoms with Crippen molar-refractivity contribution in [3.05, 3.63) is 36.0 Å². The third-order valence-corrected chi connectivity index (χ3v) is 3.06. The Labute approximate surface area is 107 Å². The predicted octanol–water partition coefficient (Wildman–Crippen LogP) is 3.28. The second-order valence-electron chi connectivity index (χ2n) is 4.40. The van der Waals surface area contributed by atoms with Crippen LogP contribution in [0.2, 0.25) is 0 Å². The van der Waals surface area contributed by atoms with Crippen LogP contribution in [0.25, 0.3) is 10.9 Å². The summed E-state index contributed by atoms with van der Waals surface area (Å²) in [6.07, 6.45) is -3.33. The molecule has 0 fully saturated rings. The summed E-state index contributed by atoms with van der Waals surface area (Å²) in [5, 5.41) is 4.00. The lowest BCUT2D eigenvalue weighted by molar-refractivity contribution is -0.184.